The molecule has 1 aromatic carbocycles. The number of rotatable bonds is 7. The van der Waals surface area contributed by atoms with E-state index >= 15 is 0 Å². The van der Waals surface area contributed by atoms with Gasteiger partial charge in [-0.15, -0.1) is 0 Å². The quantitative estimate of drug-likeness (QED) is 0.719. The second-order valence-electron chi connectivity index (χ2n) is 4.56. The lowest BCUT2D eigenvalue weighted by atomic mass is 10.1. The number of aliphatic carboxylic acids is 1. The number of methoxy groups -OCH3 is 1. The molecule has 2 N–H and O–H groups in total. The van der Waals surface area contributed by atoms with Crippen LogP contribution in [0.4, 0.5) is 0 Å². The fourth-order valence-corrected chi connectivity index (χ4v) is 3.14. The zero-order valence-corrected chi connectivity index (χ0v) is 12.5. The van der Waals surface area contributed by atoms with Gasteiger partial charge in [-0.2, -0.15) is 0 Å². The van der Waals surface area contributed by atoms with Gasteiger partial charge in [0.05, 0.1) is 24.8 Å². The van der Waals surface area contributed by atoms with Gasteiger partial charge < -0.3 is 9.84 Å². The van der Waals surface area contributed by atoms with E-state index in [1.165, 1.54) is 38.3 Å². The molecule has 1 aromatic rings. The Morgan fingerprint density at radius 1 is 1.29 bits per heavy atom. The van der Waals surface area contributed by atoms with Crippen LogP contribution in [0.1, 0.15) is 29.3 Å². The van der Waals surface area contributed by atoms with Crippen molar-refractivity contribution in [3.8, 4) is 0 Å². The van der Waals surface area contributed by atoms with Crippen LogP contribution in [0.3, 0.4) is 0 Å². The minimum Gasteiger partial charge on any atom is -0.481 e. The van der Waals surface area contributed by atoms with Crippen molar-refractivity contribution < 1.29 is 27.9 Å². The fourth-order valence-electron chi connectivity index (χ4n) is 1.73. The van der Waals surface area contributed by atoms with Gasteiger partial charge in [-0.25, -0.2) is 17.9 Å². The molecule has 8 heteroatoms. The second-order valence-corrected chi connectivity index (χ2v) is 6.32. The highest BCUT2D eigenvalue weighted by Crippen LogP contribution is 2.09. The minimum absolute atomic E-state index is 0.291. The zero-order chi connectivity index (χ0) is 16.0. The number of ether oxygens (including phenoxy) is 1. The summed E-state index contributed by atoms with van der Waals surface area (Å²) in [6.07, 6.45) is -0.291. The molecule has 0 fully saturated rings. The van der Waals surface area contributed by atoms with E-state index in [4.69, 9.17) is 5.11 Å². The molecule has 0 heterocycles. The first kappa shape index (κ1) is 17.1. The van der Waals surface area contributed by atoms with Crippen molar-refractivity contribution in [1.82, 2.24) is 4.72 Å². The first-order valence-corrected chi connectivity index (χ1v) is 7.78. The van der Waals surface area contributed by atoms with Crippen LogP contribution in [0.25, 0.3) is 0 Å². The van der Waals surface area contributed by atoms with Crippen molar-refractivity contribution in [3.63, 3.8) is 0 Å². The predicted molar refractivity (Wildman–Crippen MR) is 75.3 cm³/mol. The molecule has 0 bridgehead atoms. The normalized spacial score (nSPS) is 12.7. The lowest BCUT2D eigenvalue weighted by Gasteiger charge is -2.12. The van der Waals surface area contributed by atoms with Crippen molar-refractivity contribution in [2.75, 3.05) is 7.11 Å². The summed E-state index contributed by atoms with van der Waals surface area (Å²) >= 11 is 0. The van der Waals surface area contributed by atoms with Crippen LogP contribution in [0, 0.1) is 0 Å². The Kier molecular flexibility index (Phi) is 5.86. The molecule has 7 nitrogen and oxygen atoms in total. The van der Waals surface area contributed by atoms with Crippen molar-refractivity contribution in [2.24, 2.45) is 0 Å². The maximum atomic E-state index is 11.9. The highest BCUT2D eigenvalue weighted by atomic mass is 32.2. The molecule has 0 aromatic heterocycles. The minimum atomic E-state index is -3.65. The molecule has 0 saturated heterocycles. The summed E-state index contributed by atoms with van der Waals surface area (Å²) in [4.78, 5) is 21.8. The number of carboxylic acid groups (broad SMARTS) is 1. The third-order valence-electron chi connectivity index (χ3n) is 2.59. The summed E-state index contributed by atoms with van der Waals surface area (Å²) in [5.41, 5.74) is 0.809. The standard InChI is InChI=1S/C13H17NO6S/c1-9(7-12(15)16)14-21(18,19)8-10-3-5-11(6-4-10)13(17)20-2/h3-6,9,14H,7-8H2,1-2H3,(H,15,16). The number of esters is 1. The van der Waals surface area contributed by atoms with E-state index in [2.05, 4.69) is 9.46 Å². The number of sulfonamides is 1. The van der Waals surface area contributed by atoms with Crippen LogP contribution in [-0.4, -0.2) is 38.6 Å². The smallest absolute Gasteiger partial charge is 0.337 e. The third-order valence-corrected chi connectivity index (χ3v) is 4.07. The number of nitrogens with one attached hydrogen (secondary N) is 1. The molecule has 0 spiro atoms. The molecule has 0 aliphatic heterocycles. The highest BCUT2D eigenvalue weighted by Gasteiger charge is 2.17. The Morgan fingerprint density at radius 2 is 1.86 bits per heavy atom. The number of carboxylic acids is 1. The Labute approximate surface area is 123 Å². The summed E-state index contributed by atoms with van der Waals surface area (Å²) in [6.45, 7) is 1.48. The monoisotopic (exact) mass is 315 g/mol. The molecule has 21 heavy (non-hydrogen) atoms. The lowest BCUT2D eigenvalue weighted by Crippen LogP contribution is -2.35. The SMILES string of the molecule is COC(=O)c1ccc(CS(=O)(=O)NC(C)CC(=O)O)cc1. The van der Waals surface area contributed by atoms with Gasteiger partial charge in [0, 0.05) is 6.04 Å². The first-order valence-electron chi connectivity index (χ1n) is 6.12. The van der Waals surface area contributed by atoms with E-state index in [-0.39, 0.29) is 12.2 Å². The molecule has 1 atom stereocenters. The van der Waals surface area contributed by atoms with E-state index < -0.39 is 28.0 Å². The molecule has 0 amide bonds. The second kappa shape index (κ2) is 7.19. The van der Waals surface area contributed by atoms with Crippen molar-refractivity contribution in [1.29, 1.82) is 0 Å². The number of carbonyl (C=O) groups excluding carboxylic acids is 1. The van der Waals surface area contributed by atoms with Crippen molar-refractivity contribution in [3.05, 3.63) is 35.4 Å². The average Bonchev–Trinajstić information content (AvgIpc) is 2.36. The molecule has 1 rings (SSSR count). The van der Waals surface area contributed by atoms with E-state index in [1.807, 2.05) is 0 Å². The largest absolute Gasteiger partial charge is 0.481 e. The molecule has 116 valence electrons. The highest BCUT2D eigenvalue weighted by molar-refractivity contribution is 7.88. The Morgan fingerprint density at radius 3 is 2.33 bits per heavy atom. The van der Waals surface area contributed by atoms with Crippen LogP contribution in [0.2, 0.25) is 0 Å². The summed E-state index contributed by atoms with van der Waals surface area (Å²) in [5, 5.41) is 8.60. The predicted octanol–water partition coefficient (Wildman–Crippen LogP) is 0.756. The van der Waals surface area contributed by atoms with Crippen LogP contribution >= 0.6 is 0 Å². The van der Waals surface area contributed by atoms with Crippen LogP contribution in [0.15, 0.2) is 24.3 Å². The summed E-state index contributed by atoms with van der Waals surface area (Å²) in [5.74, 6) is -1.87. The molecule has 1 unspecified atom stereocenters. The summed E-state index contributed by atoms with van der Waals surface area (Å²) < 4.78 is 30.6. The molecule has 0 aliphatic carbocycles. The van der Waals surface area contributed by atoms with E-state index in [9.17, 15) is 18.0 Å². The van der Waals surface area contributed by atoms with E-state index in [0.29, 0.717) is 11.1 Å². The number of benzene rings is 1. The topological polar surface area (TPSA) is 110 Å². The van der Waals surface area contributed by atoms with Crippen LogP contribution in [-0.2, 0) is 25.3 Å². The molecule has 0 saturated carbocycles. The Balaban J connectivity index is 2.71. The zero-order valence-electron chi connectivity index (χ0n) is 11.7. The van der Waals surface area contributed by atoms with Gasteiger partial charge >= 0.3 is 11.9 Å². The van der Waals surface area contributed by atoms with Crippen molar-refractivity contribution in [2.45, 2.75) is 25.1 Å². The van der Waals surface area contributed by atoms with E-state index in [1.54, 1.807) is 0 Å². The molecular weight excluding hydrogens is 298 g/mol. The Hall–Kier alpha value is -1.93. The maximum absolute atomic E-state index is 11.9. The van der Waals surface area contributed by atoms with Gasteiger partial charge in [0.2, 0.25) is 10.0 Å². The maximum Gasteiger partial charge on any atom is 0.337 e. The first-order chi connectivity index (χ1) is 9.73. The van der Waals surface area contributed by atoms with Gasteiger partial charge in [0.15, 0.2) is 0 Å². The van der Waals surface area contributed by atoms with Gasteiger partial charge in [-0.05, 0) is 24.6 Å². The number of hydrogen-bond acceptors (Lipinski definition) is 5. The Bertz CT molecular complexity index is 608. The number of carbonyl (C=O) groups is 2. The number of hydrogen-bond donors (Lipinski definition) is 2. The average molecular weight is 315 g/mol. The molecule has 0 aliphatic rings. The fraction of sp³-hybridized carbons (Fsp3) is 0.385. The summed E-state index contributed by atoms with van der Waals surface area (Å²) in [7, 11) is -2.39. The van der Waals surface area contributed by atoms with Crippen molar-refractivity contribution >= 4 is 22.0 Å². The van der Waals surface area contributed by atoms with Crippen LogP contribution < -0.4 is 4.72 Å². The summed E-state index contributed by atoms with van der Waals surface area (Å²) in [6, 6.07) is 5.26. The van der Waals surface area contributed by atoms with Crippen LogP contribution in [0.5, 0.6) is 0 Å². The van der Waals surface area contributed by atoms with Gasteiger partial charge in [0.25, 0.3) is 0 Å². The molecule has 0 radical (unpaired) electrons. The lowest BCUT2D eigenvalue weighted by molar-refractivity contribution is -0.137. The third kappa shape index (κ3) is 5.92. The molecular formula is C13H17NO6S. The van der Waals surface area contributed by atoms with Gasteiger partial charge in [-0.3, -0.25) is 4.79 Å². The van der Waals surface area contributed by atoms with Gasteiger partial charge in [-0.1, -0.05) is 12.1 Å². The van der Waals surface area contributed by atoms with E-state index in [0.717, 1.165) is 0 Å². The van der Waals surface area contributed by atoms with Gasteiger partial charge in [0.1, 0.15) is 0 Å².